The number of nitriles is 1. The first kappa shape index (κ1) is 14.3. The van der Waals surface area contributed by atoms with Gasteiger partial charge in [-0.2, -0.15) is 5.26 Å². The molecule has 0 aromatic carbocycles. The Bertz CT molecular complexity index is 545. The van der Waals surface area contributed by atoms with Crippen molar-refractivity contribution in [3.63, 3.8) is 0 Å². The zero-order chi connectivity index (χ0) is 14.5. The van der Waals surface area contributed by atoms with Crippen LogP contribution in [0, 0.1) is 11.3 Å². The summed E-state index contributed by atoms with van der Waals surface area (Å²) in [5, 5.41) is 23.3. The molecule has 20 heavy (non-hydrogen) atoms. The van der Waals surface area contributed by atoms with Crippen LogP contribution in [-0.4, -0.2) is 33.3 Å². The topological polar surface area (TPSA) is 111 Å². The second-order valence-electron chi connectivity index (χ2n) is 4.60. The fourth-order valence-corrected chi connectivity index (χ4v) is 2.52. The van der Waals surface area contributed by atoms with E-state index in [2.05, 4.69) is 20.6 Å². The lowest BCUT2D eigenvalue weighted by atomic mass is 9.90. The van der Waals surface area contributed by atoms with Gasteiger partial charge < -0.3 is 15.7 Å². The van der Waals surface area contributed by atoms with Crippen molar-refractivity contribution >= 4 is 23.5 Å². The number of halogens is 1. The van der Waals surface area contributed by atoms with Gasteiger partial charge in [-0.15, -0.1) is 0 Å². The summed E-state index contributed by atoms with van der Waals surface area (Å²) in [5.41, 5.74) is 0.0704. The van der Waals surface area contributed by atoms with Crippen LogP contribution < -0.4 is 10.6 Å². The molecule has 1 aliphatic rings. The smallest absolute Gasteiger partial charge is 0.404 e. The minimum Gasteiger partial charge on any atom is -0.465 e. The molecular weight excluding hydrogens is 282 g/mol. The summed E-state index contributed by atoms with van der Waals surface area (Å²) in [4.78, 5) is 18.7. The van der Waals surface area contributed by atoms with Crippen LogP contribution in [0.15, 0.2) is 6.20 Å². The van der Waals surface area contributed by atoms with E-state index in [0.29, 0.717) is 5.82 Å². The van der Waals surface area contributed by atoms with E-state index in [4.69, 9.17) is 22.0 Å². The number of amides is 1. The predicted molar refractivity (Wildman–Crippen MR) is 72.6 cm³/mol. The van der Waals surface area contributed by atoms with Gasteiger partial charge >= 0.3 is 6.09 Å². The minimum absolute atomic E-state index is 0.0380. The second kappa shape index (κ2) is 6.39. The fraction of sp³-hybridized carbons (Fsp3) is 0.500. The van der Waals surface area contributed by atoms with E-state index in [-0.39, 0.29) is 22.9 Å². The number of anilines is 1. The largest absolute Gasteiger partial charge is 0.465 e. The van der Waals surface area contributed by atoms with Crippen molar-refractivity contribution in [3.05, 3.63) is 17.0 Å². The number of carbonyl (C=O) groups is 1. The predicted octanol–water partition coefficient (Wildman–Crippen LogP) is 1.99. The van der Waals surface area contributed by atoms with Crippen LogP contribution in [0.5, 0.6) is 0 Å². The molecule has 7 nitrogen and oxygen atoms in total. The number of hydrogen-bond donors (Lipinski definition) is 3. The zero-order valence-electron chi connectivity index (χ0n) is 10.6. The maximum Gasteiger partial charge on any atom is 0.404 e. The second-order valence-corrected chi connectivity index (χ2v) is 4.96. The van der Waals surface area contributed by atoms with E-state index in [1.165, 1.54) is 6.20 Å². The molecule has 1 aliphatic carbocycles. The van der Waals surface area contributed by atoms with E-state index >= 15 is 0 Å². The van der Waals surface area contributed by atoms with E-state index in [9.17, 15) is 4.79 Å². The third-order valence-corrected chi connectivity index (χ3v) is 3.51. The molecule has 0 unspecified atom stereocenters. The molecule has 106 valence electrons. The lowest BCUT2D eigenvalue weighted by Crippen LogP contribution is -2.48. The highest BCUT2D eigenvalue weighted by atomic mass is 35.5. The summed E-state index contributed by atoms with van der Waals surface area (Å²) in [6, 6.07) is 1.61. The Morgan fingerprint density at radius 1 is 1.45 bits per heavy atom. The van der Waals surface area contributed by atoms with Crippen molar-refractivity contribution < 1.29 is 9.90 Å². The van der Waals surface area contributed by atoms with E-state index in [0.717, 1.165) is 25.7 Å². The van der Waals surface area contributed by atoms with Crippen molar-refractivity contribution in [2.75, 3.05) is 5.32 Å². The van der Waals surface area contributed by atoms with Gasteiger partial charge in [0.2, 0.25) is 0 Å². The molecule has 3 N–H and O–H groups in total. The highest BCUT2D eigenvalue weighted by Gasteiger charge is 2.26. The van der Waals surface area contributed by atoms with Gasteiger partial charge in [0, 0.05) is 6.04 Å². The first-order chi connectivity index (χ1) is 9.60. The SMILES string of the molecule is N#Cc1ncc(N[C@@H]2CCCC[C@H]2NC(=O)O)nc1Cl. The molecule has 1 saturated carbocycles. The van der Waals surface area contributed by atoms with Crippen molar-refractivity contribution in [2.24, 2.45) is 0 Å². The highest BCUT2D eigenvalue weighted by Crippen LogP contribution is 2.22. The first-order valence-corrected chi connectivity index (χ1v) is 6.66. The van der Waals surface area contributed by atoms with Gasteiger partial charge in [0.1, 0.15) is 11.9 Å². The minimum atomic E-state index is -1.03. The standard InChI is InChI=1S/C12H14ClN5O2/c13-11-9(5-14)15-6-10(18-11)16-7-3-1-2-4-8(7)17-12(19)20/h6-8,17H,1-4H2,(H,16,18)(H,19,20)/t7-,8-/m1/s1. The number of carboxylic acid groups (broad SMARTS) is 1. The lowest BCUT2D eigenvalue weighted by Gasteiger charge is -2.32. The molecule has 0 aliphatic heterocycles. The van der Waals surface area contributed by atoms with Crippen LogP contribution >= 0.6 is 11.6 Å². The van der Waals surface area contributed by atoms with Gasteiger partial charge in [-0.1, -0.05) is 24.4 Å². The van der Waals surface area contributed by atoms with Gasteiger partial charge in [-0.25, -0.2) is 14.8 Å². The van der Waals surface area contributed by atoms with Gasteiger partial charge in [0.15, 0.2) is 10.8 Å². The number of aromatic nitrogens is 2. The molecule has 8 heteroatoms. The van der Waals surface area contributed by atoms with E-state index < -0.39 is 6.09 Å². The molecule has 0 bridgehead atoms. The van der Waals surface area contributed by atoms with Crippen molar-refractivity contribution in [3.8, 4) is 6.07 Å². The van der Waals surface area contributed by atoms with Crippen LogP contribution in [0.25, 0.3) is 0 Å². The highest BCUT2D eigenvalue weighted by molar-refractivity contribution is 6.30. The molecule has 1 fully saturated rings. The number of nitrogens with zero attached hydrogens (tertiary/aromatic N) is 3. The average Bonchev–Trinajstić information content (AvgIpc) is 2.41. The van der Waals surface area contributed by atoms with Gasteiger partial charge in [-0.3, -0.25) is 0 Å². The Morgan fingerprint density at radius 3 is 2.75 bits per heavy atom. The van der Waals surface area contributed by atoms with Crippen LogP contribution in [0.2, 0.25) is 5.15 Å². The molecule has 0 saturated heterocycles. The fourth-order valence-electron chi connectivity index (χ4n) is 2.34. The first-order valence-electron chi connectivity index (χ1n) is 6.29. The van der Waals surface area contributed by atoms with Gasteiger partial charge in [0.25, 0.3) is 0 Å². The Hall–Kier alpha value is -2.07. The Labute approximate surface area is 121 Å². The Balaban J connectivity index is 2.08. The normalized spacial score (nSPS) is 21.8. The Morgan fingerprint density at radius 2 is 2.15 bits per heavy atom. The van der Waals surface area contributed by atoms with Crippen molar-refractivity contribution in [2.45, 2.75) is 37.8 Å². The average molecular weight is 296 g/mol. The van der Waals surface area contributed by atoms with Crippen LogP contribution in [-0.2, 0) is 0 Å². The summed E-state index contributed by atoms with van der Waals surface area (Å²) < 4.78 is 0. The van der Waals surface area contributed by atoms with E-state index in [1.807, 2.05) is 6.07 Å². The lowest BCUT2D eigenvalue weighted by molar-refractivity contribution is 0.184. The molecule has 1 heterocycles. The molecule has 2 atom stereocenters. The Kier molecular flexibility index (Phi) is 4.58. The van der Waals surface area contributed by atoms with Crippen LogP contribution in [0.4, 0.5) is 10.6 Å². The maximum atomic E-state index is 10.8. The molecule has 2 rings (SSSR count). The summed E-state index contributed by atoms with van der Waals surface area (Å²) >= 11 is 5.82. The number of rotatable bonds is 3. The number of nitrogens with one attached hydrogen (secondary N) is 2. The third-order valence-electron chi connectivity index (χ3n) is 3.24. The molecule has 1 amide bonds. The van der Waals surface area contributed by atoms with Crippen molar-refractivity contribution in [1.82, 2.24) is 15.3 Å². The van der Waals surface area contributed by atoms with Crippen LogP contribution in [0.1, 0.15) is 31.4 Å². The third kappa shape index (κ3) is 3.48. The molecule has 0 radical (unpaired) electrons. The molecule has 0 spiro atoms. The quantitative estimate of drug-likeness (QED) is 0.786. The zero-order valence-corrected chi connectivity index (χ0v) is 11.4. The summed E-state index contributed by atoms with van der Waals surface area (Å²) in [7, 11) is 0. The maximum absolute atomic E-state index is 10.8. The summed E-state index contributed by atoms with van der Waals surface area (Å²) in [6.07, 6.45) is 4.02. The van der Waals surface area contributed by atoms with Gasteiger partial charge in [-0.05, 0) is 12.8 Å². The van der Waals surface area contributed by atoms with Crippen molar-refractivity contribution in [1.29, 1.82) is 5.26 Å². The molecule has 1 aromatic heterocycles. The van der Waals surface area contributed by atoms with Crippen LogP contribution in [0.3, 0.4) is 0 Å². The van der Waals surface area contributed by atoms with Gasteiger partial charge in [0.05, 0.1) is 12.2 Å². The number of hydrogen-bond acceptors (Lipinski definition) is 5. The summed E-state index contributed by atoms with van der Waals surface area (Å²) in [6.45, 7) is 0. The molecule has 1 aromatic rings. The summed E-state index contributed by atoms with van der Waals surface area (Å²) in [5.74, 6) is 0.443. The monoisotopic (exact) mass is 295 g/mol. The van der Waals surface area contributed by atoms with E-state index in [1.54, 1.807) is 0 Å². The molecular formula is C12H14ClN5O2.